The van der Waals surface area contributed by atoms with Crippen molar-refractivity contribution in [3.63, 3.8) is 0 Å². The molecule has 0 aromatic carbocycles. The van der Waals surface area contributed by atoms with Gasteiger partial charge < -0.3 is 0 Å². The number of hydrogen-bond acceptors (Lipinski definition) is 2. The van der Waals surface area contributed by atoms with E-state index in [9.17, 15) is 4.79 Å². The molecule has 0 bridgehead atoms. The predicted octanol–water partition coefficient (Wildman–Crippen LogP) is 0.180. The van der Waals surface area contributed by atoms with Crippen molar-refractivity contribution in [3.8, 4) is 0 Å². The van der Waals surface area contributed by atoms with E-state index in [0.29, 0.717) is 12.0 Å². The highest BCUT2D eigenvalue weighted by molar-refractivity contribution is 5.80. The van der Waals surface area contributed by atoms with Gasteiger partial charge in [-0.05, 0) is 25.7 Å². The van der Waals surface area contributed by atoms with Crippen molar-refractivity contribution in [2.75, 3.05) is 0 Å². The molecule has 0 radical (unpaired) electrons. The summed E-state index contributed by atoms with van der Waals surface area (Å²) >= 11 is 0. The van der Waals surface area contributed by atoms with Gasteiger partial charge in [0.2, 0.25) is 5.91 Å². The Morgan fingerprint density at radius 3 is 2.40 bits per heavy atom. The molecule has 0 spiro atoms. The minimum Gasteiger partial charge on any atom is -0.291 e. The van der Waals surface area contributed by atoms with Gasteiger partial charge in [0.1, 0.15) is 0 Å². The van der Waals surface area contributed by atoms with Crippen molar-refractivity contribution in [1.29, 1.82) is 0 Å². The molecule has 2 rings (SSSR count). The summed E-state index contributed by atoms with van der Waals surface area (Å²) in [4.78, 5) is 11.0. The zero-order valence-corrected chi connectivity index (χ0v) is 5.89. The van der Waals surface area contributed by atoms with Crippen LogP contribution in [0.1, 0.15) is 25.7 Å². The minimum atomic E-state index is 0.187. The molecule has 0 aliphatic heterocycles. The van der Waals surface area contributed by atoms with Gasteiger partial charge in [0.05, 0.1) is 0 Å². The normalized spacial score (nSPS) is 24.4. The van der Waals surface area contributed by atoms with Gasteiger partial charge in [-0.1, -0.05) is 0 Å². The number of rotatable bonds is 3. The molecule has 10 heavy (non-hydrogen) atoms. The van der Waals surface area contributed by atoms with Gasteiger partial charge in [-0.25, -0.2) is 5.43 Å². The molecule has 2 aliphatic carbocycles. The molecule has 2 aliphatic rings. The van der Waals surface area contributed by atoms with Gasteiger partial charge in [-0.15, -0.1) is 0 Å². The maximum Gasteiger partial charge on any atom is 0.237 e. The summed E-state index contributed by atoms with van der Waals surface area (Å²) in [6.07, 6.45) is 4.59. The standard InChI is InChI=1S/C7H12N2O/c10-7(5-1-2-5)9-8-6-3-4-6/h5-6,8H,1-4H2,(H,9,10). The fourth-order valence-electron chi connectivity index (χ4n) is 0.848. The van der Waals surface area contributed by atoms with Crippen molar-refractivity contribution in [1.82, 2.24) is 10.9 Å². The van der Waals surface area contributed by atoms with Crippen LogP contribution in [0.2, 0.25) is 0 Å². The van der Waals surface area contributed by atoms with E-state index in [4.69, 9.17) is 0 Å². The van der Waals surface area contributed by atoms with Crippen LogP contribution in [0.15, 0.2) is 0 Å². The number of carbonyl (C=O) groups is 1. The molecular weight excluding hydrogens is 128 g/mol. The quantitative estimate of drug-likeness (QED) is 0.549. The van der Waals surface area contributed by atoms with Crippen LogP contribution in [-0.4, -0.2) is 11.9 Å². The van der Waals surface area contributed by atoms with E-state index in [1.807, 2.05) is 0 Å². The minimum absolute atomic E-state index is 0.187. The Bertz CT molecular complexity index is 150. The van der Waals surface area contributed by atoms with Gasteiger partial charge in [-0.3, -0.25) is 10.2 Å². The Hall–Kier alpha value is -0.570. The van der Waals surface area contributed by atoms with E-state index in [2.05, 4.69) is 10.9 Å². The van der Waals surface area contributed by atoms with Crippen LogP contribution < -0.4 is 10.9 Å². The van der Waals surface area contributed by atoms with Crippen LogP contribution in [0, 0.1) is 5.92 Å². The molecule has 3 heteroatoms. The lowest BCUT2D eigenvalue weighted by Gasteiger charge is -2.02. The lowest BCUT2D eigenvalue weighted by molar-refractivity contribution is -0.123. The third-order valence-corrected chi connectivity index (χ3v) is 1.92. The van der Waals surface area contributed by atoms with Gasteiger partial charge in [-0.2, -0.15) is 0 Å². The molecule has 0 atom stereocenters. The molecule has 2 saturated carbocycles. The zero-order chi connectivity index (χ0) is 6.97. The van der Waals surface area contributed by atoms with Gasteiger partial charge in [0, 0.05) is 12.0 Å². The topological polar surface area (TPSA) is 41.1 Å². The van der Waals surface area contributed by atoms with Crippen molar-refractivity contribution in [3.05, 3.63) is 0 Å². The van der Waals surface area contributed by atoms with E-state index in [-0.39, 0.29) is 5.91 Å². The molecule has 2 N–H and O–H groups in total. The summed E-state index contributed by atoms with van der Waals surface area (Å²) < 4.78 is 0. The van der Waals surface area contributed by atoms with Crippen LogP contribution in [0.5, 0.6) is 0 Å². The molecule has 2 fully saturated rings. The second-order valence-electron chi connectivity index (χ2n) is 3.18. The number of hydrogen-bond donors (Lipinski definition) is 2. The van der Waals surface area contributed by atoms with Gasteiger partial charge in [0.25, 0.3) is 0 Å². The Balaban J connectivity index is 1.63. The Morgan fingerprint density at radius 1 is 1.20 bits per heavy atom. The van der Waals surface area contributed by atoms with Crippen LogP contribution in [0.3, 0.4) is 0 Å². The first-order chi connectivity index (χ1) is 4.86. The lowest BCUT2D eigenvalue weighted by Crippen LogP contribution is -2.39. The van der Waals surface area contributed by atoms with Crippen molar-refractivity contribution in [2.24, 2.45) is 5.92 Å². The molecule has 3 nitrogen and oxygen atoms in total. The maximum atomic E-state index is 11.0. The first kappa shape index (κ1) is 6.16. The number of nitrogens with one attached hydrogen (secondary N) is 2. The molecule has 0 aromatic heterocycles. The fraction of sp³-hybridized carbons (Fsp3) is 0.857. The third-order valence-electron chi connectivity index (χ3n) is 1.92. The summed E-state index contributed by atoms with van der Waals surface area (Å²) in [5.41, 5.74) is 5.70. The first-order valence-corrected chi connectivity index (χ1v) is 3.91. The summed E-state index contributed by atoms with van der Waals surface area (Å²) in [5.74, 6) is 0.512. The molecule has 1 amide bonds. The predicted molar refractivity (Wildman–Crippen MR) is 37.0 cm³/mol. The largest absolute Gasteiger partial charge is 0.291 e. The molecule has 56 valence electrons. The summed E-state index contributed by atoms with van der Waals surface area (Å²) in [6, 6.07) is 0.572. The van der Waals surface area contributed by atoms with Crippen molar-refractivity contribution < 1.29 is 4.79 Å². The third kappa shape index (κ3) is 1.48. The average molecular weight is 140 g/mol. The number of amides is 1. The Kier molecular flexibility index (Phi) is 1.38. The Morgan fingerprint density at radius 2 is 1.90 bits per heavy atom. The number of carbonyl (C=O) groups excluding carboxylic acids is 1. The van der Waals surface area contributed by atoms with E-state index >= 15 is 0 Å². The van der Waals surface area contributed by atoms with E-state index in [1.54, 1.807) is 0 Å². The molecular formula is C7H12N2O. The second-order valence-corrected chi connectivity index (χ2v) is 3.18. The first-order valence-electron chi connectivity index (χ1n) is 3.91. The monoisotopic (exact) mass is 140 g/mol. The average Bonchev–Trinajstić information content (AvgIpc) is 2.76. The van der Waals surface area contributed by atoms with Crippen LogP contribution in [0.4, 0.5) is 0 Å². The van der Waals surface area contributed by atoms with Crippen LogP contribution >= 0.6 is 0 Å². The van der Waals surface area contributed by atoms with Gasteiger partial charge in [0.15, 0.2) is 0 Å². The SMILES string of the molecule is O=C(NNC1CC1)C1CC1. The maximum absolute atomic E-state index is 11.0. The van der Waals surface area contributed by atoms with Crippen LogP contribution in [0.25, 0.3) is 0 Å². The lowest BCUT2D eigenvalue weighted by atomic mass is 10.4. The summed E-state index contributed by atoms with van der Waals surface area (Å²) in [6.45, 7) is 0. The van der Waals surface area contributed by atoms with E-state index < -0.39 is 0 Å². The zero-order valence-electron chi connectivity index (χ0n) is 5.89. The molecule has 0 aromatic rings. The highest BCUT2D eigenvalue weighted by atomic mass is 16.2. The summed E-state index contributed by atoms with van der Waals surface area (Å²) in [7, 11) is 0. The smallest absolute Gasteiger partial charge is 0.237 e. The second kappa shape index (κ2) is 2.23. The van der Waals surface area contributed by atoms with Crippen molar-refractivity contribution >= 4 is 5.91 Å². The fourth-order valence-corrected chi connectivity index (χ4v) is 0.848. The van der Waals surface area contributed by atoms with Crippen molar-refractivity contribution in [2.45, 2.75) is 31.7 Å². The molecule has 0 heterocycles. The summed E-state index contributed by atoms with van der Waals surface area (Å²) in [5, 5.41) is 0. The van der Waals surface area contributed by atoms with E-state index in [0.717, 1.165) is 12.8 Å². The molecule has 0 unspecified atom stereocenters. The highest BCUT2D eigenvalue weighted by Crippen LogP contribution is 2.28. The van der Waals surface area contributed by atoms with Crippen LogP contribution in [-0.2, 0) is 4.79 Å². The molecule has 0 saturated heterocycles. The Labute approximate surface area is 60.1 Å². The van der Waals surface area contributed by atoms with Gasteiger partial charge >= 0.3 is 0 Å². The number of hydrazine groups is 1. The van der Waals surface area contributed by atoms with E-state index in [1.165, 1.54) is 12.8 Å². The highest BCUT2D eigenvalue weighted by Gasteiger charge is 2.30.